The predicted molar refractivity (Wildman–Crippen MR) is 66.9 cm³/mol. The molecule has 1 saturated carbocycles. The molecule has 1 aromatic heterocycles. The molecule has 1 aliphatic carbocycles. The number of aromatic nitrogens is 1. The Morgan fingerprint density at radius 2 is 2.06 bits per heavy atom. The molecule has 0 amide bonds. The van der Waals surface area contributed by atoms with Crippen molar-refractivity contribution in [2.75, 3.05) is 0 Å². The minimum absolute atomic E-state index is 0.00820. The van der Waals surface area contributed by atoms with Crippen LogP contribution in [0.15, 0.2) is 12.3 Å². The zero-order valence-electron chi connectivity index (χ0n) is 10.6. The first-order valence-corrected chi connectivity index (χ1v) is 6.42. The highest BCUT2D eigenvalue weighted by Crippen LogP contribution is 2.28. The standard InChI is InChI=1S/C14H21NO2/c1-10-3-5-13(6-4-10)17-14-7-11(2)15-8-12(14)9-16/h7-8,10,13,16H,3-6,9H2,1-2H3. The summed E-state index contributed by atoms with van der Waals surface area (Å²) in [6.07, 6.45) is 6.72. The Morgan fingerprint density at radius 3 is 2.71 bits per heavy atom. The zero-order chi connectivity index (χ0) is 12.3. The van der Waals surface area contributed by atoms with Crippen molar-refractivity contribution in [2.45, 2.75) is 52.2 Å². The SMILES string of the molecule is Cc1cc(OC2CCC(C)CC2)c(CO)cn1. The van der Waals surface area contributed by atoms with Crippen LogP contribution in [0, 0.1) is 12.8 Å². The van der Waals surface area contributed by atoms with Crippen LogP contribution in [-0.2, 0) is 6.61 Å². The Kier molecular flexibility index (Phi) is 4.00. The van der Waals surface area contributed by atoms with Gasteiger partial charge in [-0.25, -0.2) is 0 Å². The number of aliphatic hydroxyl groups is 1. The van der Waals surface area contributed by atoms with E-state index in [9.17, 15) is 5.11 Å². The van der Waals surface area contributed by atoms with E-state index in [4.69, 9.17) is 4.74 Å². The van der Waals surface area contributed by atoms with Gasteiger partial charge in [0.15, 0.2) is 0 Å². The average molecular weight is 235 g/mol. The molecule has 0 aliphatic heterocycles. The number of hydrogen-bond donors (Lipinski definition) is 1. The molecule has 1 aromatic rings. The van der Waals surface area contributed by atoms with Gasteiger partial charge in [0.05, 0.1) is 12.7 Å². The van der Waals surface area contributed by atoms with Crippen molar-refractivity contribution in [3.63, 3.8) is 0 Å². The van der Waals surface area contributed by atoms with E-state index in [1.54, 1.807) is 6.20 Å². The smallest absolute Gasteiger partial charge is 0.128 e. The summed E-state index contributed by atoms with van der Waals surface area (Å²) in [6.45, 7) is 4.23. The van der Waals surface area contributed by atoms with Crippen LogP contribution >= 0.6 is 0 Å². The molecule has 0 atom stereocenters. The summed E-state index contributed by atoms with van der Waals surface area (Å²) in [5.74, 6) is 1.63. The van der Waals surface area contributed by atoms with E-state index in [0.29, 0.717) is 6.10 Å². The van der Waals surface area contributed by atoms with Gasteiger partial charge in [-0.15, -0.1) is 0 Å². The van der Waals surface area contributed by atoms with Gasteiger partial charge in [-0.2, -0.15) is 0 Å². The lowest BCUT2D eigenvalue weighted by Crippen LogP contribution is -2.23. The van der Waals surface area contributed by atoms with Gasteiger partial charge in [-0.1, -0.05) is 6.92 Å². The fourth-order valence-corrected chi connectivity index (χ4v) is 2.32. The normalized spacial score (nSPS) is 24.6. The van der Waals surface area contributed by atoms with E-state index in [0.717, 1.165) is 35.8 Å². The van der Waals surface area contributed by atoms with Gasteiger partial charge >= 0.3 is 0 Å². The van der Waals surface area contributed by atoms with Crippen LogP contribution in [0.3, 0.4) is 0 Å². The van der Waals surface area contributed by atoms with Crippen LogP contribution in [0.4, 0.5) is 0 Å². The fraction of sp³-hybridized carbons (Fsp3) is 0.643. The summed E-state index contributed by atoms with van der Waals surface area (Å²) < 4.78 is 6.01. The molecule has 0 spiro atoms. The molecule has 2 rings (SSSR count). The van der Waals surface area contributed by atoms with Gasteiger partial charge in [0.2, 0.25) is 0 Å². The van der Waals surface area contributed by atoms with E-state index >= 15 is 0 Å². The number of rotatable bonds is 3. The average Bonchev–Trinajstić information content (AvgIpc) is 2.32. The van der Waals surface area contributed by atoms with Crippen molar-refractivity contribution < 1.29 is 9.84 Å². The Labute approximate surface area is 103 Å². The predicted octanol–water partition coefficient (Wildman–Crippen LogP) is 2.84. The van der Waals surface area contributed by atoms with Crippen LogP contribution in [-0.4, -0.2) is 16.2 Å². The molecule has 0 radical (unpaired) electrons. The van der Waals surface area contributed by atoms with Crippen molar-refractivity contribution in [3.05, 3.63) is 23.5 Å². The quantitative estimate of drug-likeness (QED) is 0.876. The number of aryl methyl sites for hydroxylation is 1. The highest BCUT2D eigenvalue weighted by atomic mass is 16.5. The molecule has 0 saturated heterocycles. The molecule has 3 nitrogen and oxygen atoms in total. The van der Waals surface area contributed by atoms with Crippen LogP contribution in [0.1, 0.15) is 43.9 Å². The van der Waals surface area contributed by atoms with Crippen molar-refractivity contribution in [2.24, 2.45) is 5.92 Å². The van der Waals surface area contributed by atoms with E-state index < -0.39 is 0 Å². The number of nitrogens with zero attached hydrogens (tertiary/aromatic N) is 1. The second-order valence-corrected chi connectivity index (χ2v) is 5.09. The van der Waals surface area contributed by atoms with E-state index in [1.807, 2.05) is 13.0 Å². The maximum Gasteiger partial charge on any atom is 0.128 e. The fourth-order valence-electron chi connectivity index (χ4n) is 2.32. The molecule has 94 valence electrons. The molecular formula is C14H21NO2. The summed E-state index contributed by atoms with van der Waals surface area (Å²) in [5, 5.41) is 9.26. The minimum atomic E-state index is -0.00820. The summed E-state index contributed by atoms with van der Waals surface area (Å²) in [5.41, 5.74) is 1.72. The van der Waals surface area contributed by atoms with Gasteiger partial charge in [-0.3, -0.25) is 4.98 Å². The zero-order valence-corrected chi connectivity index (χ0v) is 10.6. The van der Waals surface area contributed by atoms with Crippen LogP contribution < -0.4 is 4.74 Å². The highest BCUT2D eigenvalue weighted by Gasteiger charge is 2.20. The van der Waals surface area contributed by atoms with Crippen molar-refractivity contribution >= 4 is 0 Å². The van der Waals surface area contributed by atoms with E-state index in [2.05, 4.69) is 11.9 Å². The summed E-state index contributed by atoms with van der Waals surface area (Å²) in [6, 6.07) is 1.92. The third-order valence-corrected chi connectivity index (χ3v) is 3.51. The third-order valence-electron chi connectivity index (χ3n) is 3.51. The Morgan fingerprint density at radius 1 is 1.35 bits per heavy atom. The number of ether oxygens (including phenoxy) is 1. The topological polar surface area (TPSA) is 42.4 Å². The summed E-state index contributed by atoms with van der Waals surface area (Å²) >= 11 is 0. The molecule has 1 heterocycles. The first-order valence-electron chi connectivity index (χ1n) is 6.42. The summed E-state index contributed by atoms with van der Waals surface area (Å²) in [4.78, 5) is 4.18. The molecule has 0 aromatic carbocycles. The van der Waals surface area contributed by atoms with Gasteiger partial charge in [0, 0.05) is 23.5 Å². The minimum Gasteiger partial charge on any atom is -0.490 e. The van der Waals surface area contributed by atoms with E-state index in [1.165, 1.54) is 12.8 Å². The first kappa shape index (κ1) is 12.4. The van der Waals surface area contributed by atoms with Gasteiger partial charge in [-0.05, 0) is 38.5 Å². The third kappa shape index (κ3) is 3.19. The van der Waals surface area contributed by atoms with Gasteiger partial charge in [0.1, 0.15) is 5.75 Å². The Hall–Kier alpha value is -1.09. The molecular weight excluding hydrogens is 214 g/mol. The second-order valence-electron chi connectivity index (χ2n) is 5.09. The van der Waals surface area contributed by atoms with Crippen molar-refractivity contribution in [1.29, 1.82) is 0 Å². The first-order chi connectivity index (χ1) is 8.19. The summed E-state index contributed by atoms with van der Waals surface area (Å²) in [7, 11) is 0. The molecule has 1 fully saturated rings. The number of aliphatic hydroxyl groups excluding tert-OH is 1. The van der Waals surface area contributed by atoms with Gasteiger partial charge in [0.25, 0.3) is 0 Å². The molecule has 0 unspecified atom stereocenters. The molecule has 1 N–H and O–H groups in total. The Balaban J connectivity index is 2.04. The van der Waals surface area contributed by atoms with Crippen LogP contribution in [0.2, 0.25) is 0 Å². The van der Waals surface area contributed by atoms with Crippen LogP contribution in [0.25, 0.3) is 0 Å². The van der Waals surface area contributed by atoms with E-state index in [-0.39, 0.29) is 6.61 Å². The molecule has 3 heteroatoms. The van der Waals surface area contributed by atoms with Crippen molar-refractivity contribution in [3.8, 4) is 5.75 Å². The lowest BCUT2D eigenvalue weighted by molar-refractivity contribution is 0.131. The Bertz CT molecular complexity index is 370. The number of pyridine rings is 1. The van der Waals surface area contributed by atoms with Crippen molar-refractivity contribution in [1.82, 2.24) is 4.98 Å². The maximum atomic E-state index is 9.26. The second kappa shape index (κ2) is 5.50. The number of hydrogen-bond acceptors (Lipinski definition) is 3. The lowest BCUT2D eigenvalue weighted by atomic mass is 9.89. The highest BCUT2D eigenvalue weighted by molar-refractivity contribution is 5.32. The molecule has 0 bridgehead atoms. The van der Waals surface area contributed by atoms with Gasteiger partial charge < -0.3 is 9.84 Å². The maximum absolute atomic E-state index is 9.26. The molecule has 17 heavy (non-hydrogen) atoms. The monoisotopic (exact) mass is 235 g/mol. The van der Waals surface area contributed by atoms with Crippen LogP contribution in [0.5, 0.6) is 5.75 Å². The lowest BCUT2D eigenvalue weighted by Gasteiger charge is -2.27. The molecule has 1 aliphatic rings. The largest absolute Gasteiger partial charge is 0.490 e.